The summed E-state index contributed by atoms with van der Waals surface area (Å²) in [5.41, 5.74) is 2.20. The Labute approximate surface area is 152 Å². The van der Waals surface area contributed by atoms with Crippen LogP contribution in [-0.2, 0) is 0 Å². The third-order valence-corrected chi connectivity index (χ3v) is 3.64. The van der Waals surface area contributed by atoms with Gasteiger partial charge in [-0.2, -0.15) is 10.1 Å². The minimum atomic E-state index is -0.364. The lowest BCUT2D eigenvalue weighted by Crippen LogP contribution is -2.30. The van der Waals surface area contributed by atoms with E-state index >= 15 is 0 Å². The van der Waals surface area contributed by atoms with Gasteiger partial charge in [-0.3, -0.25) is 0 Å². The molecule has 0 saturated heterocycles. The fourth-order valence-corrected chi connectivity index (χ4v) is 2.35. The molecule has 0 heterocycles. The van der Waals surface area contributed by atoms with Gasteiger partial charge in [0.25, 0.3) is 0 Å². The van der Waals surface area contributed by atoms with Crippen LogP contribution in [0.1, 0.15) is 5.56 Å². The van der Waals surface area contributed by atoms with Crippen LogP contribution < -0.4 is 15.1 Å². The van der Waals surface area contributed by atoms with E-state index in [-0.39, 0.29) is 6.03 Å². The SMILES string of the molecule is COc1cccc(NC(=O)N(/N=C/c2ccccc2)c2ccccc2)c1. The number of methoxy groups -OCH3 is 1. The number of nitrogens with zero attached hydrogens (tertiary/aromatic N) is 2. The van der Waals surface area contributed by atoms with Crippen molar-refractivity contribution in [2.75, 3.05) is 17.4 Å². The summed E-state index contributed by atoms with van der Waals surface area (Å²) in [6.07, 6.45) is 1.65. The third-order valence-electron chi connectivity index (χ3n) is 3.64. The van der Waals surface area contributed by atoms with Gasteiger partial charge in [-0.1, -0.05) is 54.6 Å². The van der Waals surface area contributed by atoms with Crippen LogP contribution >= 0.6 is 0 Å². The average molecular weight is 345 g/mol. The topological polar surface area (TPSA) is 53.9 Å². The molecule has 130 valence electrons. The highest BCUT2D eigenvalue weighted by Gasteiger charge is 2.15. The van der Waals surface area contributed by atoms with Gasteiger partial charge in [0, 0.05) is 11.8 Å². The number of para-hydroxylation sites is 1. The van der Waals surface area contributed by atoms with Crippen LogP contribution in [0.3, 0.4) is 0 Å². The number of carbonyl (C=O) groups is 1. The molecule has 0 atom stereocenters. The van der Waals surface area contributed by atoms with E-state index in [0.717, 1.165) is 5.56 Å². The Bertz CT molecular complexity index is 880. The lowest BCUT2D eigenvalue weighted by Gasteiger charge is -2.18. The summed E-state index contributed by atoms with van der Waals surface area (Å²) in [6, 6.07) is 25.7. The highest BCUT2D eigenvalue weighted by Crippen LogP contribution is 2.19. The Morgan fingerprint density at radius 2 is 1.65 bits per heavy atom. The Balaban J connectivity index is 1.85. The molecular formula is C21H19N3O2. The molecule has 5 nitrogen and oxygen atoms in total. The van der Waals surface area contributed by atoms with Gasteiger partial charge in [0.1, 0.15) is 5.75 Å². The molecule has 0 saturated carbocycles. The quantitative estimate of drug-likeness (QED) is 0.535. The van der Waals surface area contributed by atoms with E-state index in [4.69, 9.17) is 4.74 Å². The van der Waals surface area contributed by atoms with E-state index in [9.17, 15) is 4.79 Å². The van der Waals surface area contributed by atoms with Crippen LogP contribution in [0.2, 0.25) is 0 Å². The van der Waals surface area contributed by atoms with Crippen molar-refractivity contribution in [2.45, 2.75) is 0 Å². The molecule has 26 heavy (non-hydrogen) atoms. The molecule has 0 spiro atoms. The van der Waals surface area contributed by atoms with Crippen molar-refractivity contribution < 1.29 is 9.53 Å². The van der Waals surface area contributed by atoms with Gasteiger partial charge < -0.3 is 10.1 Å². The maximum absolute atomic E-state index is 12.8. The van der Waals surface area contributed by atoms with Gasteiger partial charge in [0.2, 0.25) is 0 Å². The molecule has 0 fully saturated rings. The van der Waals surface area contributed by atoms with Gasteiger partial charge in [0.15, 0.2) is 0 Å². The summed E-state index contributed by atoms with van der Waals surface area (Å²) in [5.74, 6) is 0.668. The number of carbonyl (C=O) groups excluding carboxylic acids is 1. The molecule has 1 N–H and O–H groups in total. The molecular weight excluding hydrogens is 326 g/mol. The number of nitrogens with one attached hydrogen (secondary N) is 1. The van der Waals surface area contributed by atoms with E-state index in [2.05, 4.69) is 10.4 Å². The smallest absolute Gasteiger partial charge is 0.347 e. The number of anilines is 2. The fraction of sp³-hybridized carbons (Fsp3) is 0.0476. The molecule has 5 heteroatoms. The zero-order chi connectivity index (χ0) is 18.2. The molecule has 3 rings (SSSR count). The van der Waals surface area contributed by atoms with Crippen LogP contribution in [0, 0.1) is 0 Å². The molecule has 0 aromatic heterocycles. The Kier molecular flexibility index (Phi) is 5.62. The minimum absolute atomic E-state index is 0.364. The number of ether oxygens (including phenoxy) is 1. The summed E-state index contributed by atoms with van der Waals surface area (Å²) in [4.78, 5) is 12.8. The second-order valence-electron chi connectivity index (χ2n) is 5.46. The van der Waals surface area contributed by atoms with Crippen LogP contribution in [0.25, 0.3) is 0 Å². The first kappa shape index (κ1) is 17.2. The van der Waals surface area contributed by atoms with Crippen LogP contribution in [-0.4, -0.2) is 19.4 Å². The van der Waals surface area contributed by atoms with Gasteiger partial charge in [-0.05, 0) is 29.8 Å². The lowest BCUT2D eigenvalue weighted by atomic mass is 10.2. The highest BCUT2D eigenvalue weighted by atomic mass is 16.5. The van der Waals surface area contributed by atoms with Crippen molar-refractivity contribution in [3.8, 4) is 5.75 Å². The molecule has 0 unspecified atom stereocenters. The van der Waals surface area contributed by atoms with E-state index in [1.165, 1.54) is 5.01 Å². The first-order chi connectivity index (χ1) is 12.8. The summed E-state index contributed by atoms with van der Waals surface area (Å²) in [7, 11) is 1.58. The van der Waals surface area contributed by atoms with Gasteiger partial charge in [-0.15, -0.1) is 0 Å². The van der Waals surface area contributed by atoms with Crippen molar-refractivity contribution >= 4 is 23.6 Å². The molecule has 0 aliphatic carbocycles. The van der Waals surface area contributed by atoms with Crippen molar-refractivity contribution in [3.63, 3.8) is 0 Å². The van der Waals surface area contributed by atoms with Crippen molar-refractivity contribution in [1.29, 1.82) is 0 Å². The second kappa shape index (κ2) is 8.48. The van der Waals surface area contributed by atoms with E-state index in [0.29, 0.717) is 17.1 Å². The number of benzene rings is 3. The number of hydrogen-bond donors (Lipinski definition) is 1. The molecule has 3 aromatic rings. The van der Waals surface area contributed by atoms with Gasteiger partial charge in [-0.25, -0.2) is 4.79 Å². The standard InChI is InChI=1S/C21H19N3O2/c1-26-20-14-8-11-18(15-20)23-21(25)24(19-12-6-3-7-13-19)22-16-17-9-4-2-5-10-17/h2-16H,1H3,(H,23,25)/b22-16+. The van der Waals surface area contributed by atoms with Crippen LogP contribution in [0.15, 0.2) is 90.0 Å². The monoisotopic (exact) mass is 345 g/mol. The third kappa shape index (κ3) is 4.48. The van der Waals surface area contributed by atoms with E-state index in [1.54, 1.807) is 25.5 Å². The lowest BCUT2D eigenvalue weighted by molar-refractivity contribution is 0.257. The predicted octanol–water partition coefficient (Wildman–Crippen LogP) is 4.77. The number of amides is 2. The molecule has 2 amide bonds. The Morgan fingerprint density at radius 3 is 2.35 bits per heavy atom. The Hall–Kier alpha value is -3.60. The average Bonchev–Trinajstić information content (AvgIpc) is 2.70. The summed E-state index contributed by atoms with van der Waals surface area (Å²) in [5, 5.41) is 8.54. The predicted molar refractivity (Wildman–Crippen MR) is 105 cm³/mol. The normalized spacial score (nSPS) is 10.5. The van der Waals surface area contributed by atoms with Crippen molar-refractivity contribution in [3.05, 3.63) is 90.5 Å². The maximum Gasteiger partial charge on any atom is 0.347 e. The molecule has 3 aromatic carbocycles. The van der Waals surface area contributed by atoms with Crippen LogP contribution in [0.5, 0.6) is 5.75 Å². The summed E-state index contributed by atoms with van der Waals surface area (Å²) >= 11 is 0. The molecule has 0 bridgehead atoms. The minimum Gasteiger partial charge on any atom is -0.497 e. The summed E-state index contributed by atoms with van der Waals surface area (Å²) in [6.45, 7) is 0. The van der Waals surface area contributed by atoms with Crippen molar-refractivity contribution in [2.24, 2.45) is 5.10 Å². The number of rotatable bonds is 5. The fourth-order valence-electron chi connectivity index (χ4n) is 2.35. The first-order valence-electron chi connectivity index (χ1n) is 8.15. The number of hydrogen-bond acceptors (Lipinski definition) is 3. The van der Waals surface area contributed by atoms with E-state index in [1.807, 2.05) is 72.8 Å². The molecule has 0 aliphatic heterocycles. The molecule has 0 radical (unpaired) electrons. The number of urea groups is 1. The molecule has 0 aliphatic rings. The van der Waals surface area contributed by atoms with Crippen molar-refractivity contribution in [1.82, 2.24) is 0 Å². The Morgan fingerprint density at radius 1 is 0.962 bits per heavy atom. The van der Waals surface area contributed by atoms with Gasteiger partial charge in [0.05, 0.1) is 19.0 Å². The highest BCUT2D eigenvalue weighted by molar-refractivity contribution is 6.02. The zero-order valence-electron chi connectivity index (χ0n) is 14.4. The first-order valence-corrected chi connectivity index (χ1v) is 8.15. The second-order valence-corrected chi connectivity index (χ2v) is 5.46. The van der Waals surface area contributed by atoms with Gasteiger partial charge >= 0.3 is 6.03 Å². The largest absolute Gasteiger partial charge is 0.497 e. The zero-order valence-corrected chi connectivity index (χ0v) is 14.4. The number of hydrazone groups is 1. The summed E-state index contributed by atoms with van der Waals surface area (Å²) < 4.78 is 5.19. The van der Waals surface area contributed by atoms with E-state index < -0.39 is 0 Å². The maximum atomic E-state index is 12.8. The van der Waals surface area contributed by atoms with Crippen LogP contribution in [0.4, 0.5) is 16.2 Å².